The predicted octanol–water partition coefficient (Wildman–Crippen LogP) is 2.04. The van der Waals surface area contributed by atoms with Crippen LogP contribution in [0.4, 0.5) is 0 Å². The van der Waals surface area contributed by atoms with Gasteiger partial charge in [-0.25, -0.2) is 0 Å². The third kappa shape index (κ3) is 4.47. The lowest BCUT2D eigenvalue weighted by atomic mass is 10.1. The quantitative estimate of drug-likeness (QED) is 0.809. The Kier molecular flexibility index (Phi) is 6.99. The van der Waals surface area contributed by atoms with E-state index in [9.17, 15) is 4.79 Å². The molecule has 1 fully saturated rings. The predicted molar refractivity (Wildman–Crippen MR) is 81.8 cm³/mol. The van der Waals surface area contributed by atoms with Gasteiger partial charge in [0, 0.05) is 19.2 Å². The lowest BCUT2D eigenvalue weighted by Crippen LogP contribution is -2.44. The molecule has 2 rings (SSSR count). The Morgan fingerprint density at radius 3 is 2.55 bits per heavy atom. The van der Waals surface area contributed by atoms with Gasteiger partial charge in [-0.15, -0.1) is 12.4 Å². The molecule has 1 amide bonds. The molecule has 20 heavy (non-hydrogen) atoms. The van der Waals surface area contributed by atoms with Crippen LogP contribution in [-0.2, 0) is 9.53 Å². The molecule has 4 nitrogen and oxygen atoms in total. The van der Waals surface area contributed by atoms with E-state index in [0.29, 0.717) is 19.1 Å². The van der Waals surface area contributed by atoms with Crippen LogP contribution in [0.25, 0.3) is 0 Å². The van der Waals surface area contributed by atoms with Crippen molar-refractivity contribution in [2.75, 3.05) is 13.2 Å². The van der Waals surface area contributed by atoms with Gasteiger partial charge >= 0.3 is 0 Å². The van der Waals surface area contributed by atoms with Gasteiger partial charge in [-0.2, -0.15) is 0 Å². The van der Waals surface area contributed by atoms with Gasteiger partial charge in [0.05, 0.1) is 0 Å². The molecule has 0 bridgehead atoms. The van der Waals surface area contributed by atoms with E-state index < -0.39 is 6.10 Å². The molecule has 1 aromatic carbocycles. The number of benzene rings is 1. The summed E-state index contributed by atoms with van der Waals surface area (Å²) in [7, 11) is 0. The van der Waals surface area contributed by atoms with Crippen molar-refractivity contribution in [3.8, 4) is 0 Å². The highest BCUT2D eigenvalue weighted by Crippen LogP contribution is 2.32. The van der Waals surface area contributed by atoms with Gasteiger partial charge in [-0.05, 0) is 31.2 Å². The largest absolute Gasteiger partial charge is 0.364 e. The van der Waals surface area contributed by atoms with E-state index in [-0.39, 0.29) is 24.4 Å². The van der Waals surface area contributed by atoms with Crippen LogP contribution < -0.4 is 11.1 Å². The van der Waals surface area contributed by atoms with Gasteiger partial charge in [0.15, 0.2) is 6.10 Å². The van der Waals surface area contributed by atoms with Crippen molar-refractivity contribution in [1.82, 2.24) is 5.32 Å². The maximum absolute atomic E-state index is 12.3. The second kappa shape index (κ2) is 8.25. The molecule has 5 heteroatoms. The molecule has 3 N–H and O–H groups in total. The molecular formula is C15H23ClN2O2. The van der Waals surface area contributed by atoms with Crippen molar-refractivity contribution in [1.29, 1.82) is 0 Å². The van der Waals surface area contributed by atoms with Crippen molar-refractivity contribution in [2.45, 2.75) is 31.9 Å². The number of halogens is 1. The third-order valence-corrected chi connectivity index (χ3v) is 3.45. The summed E-state index contributed by atoms with van der Waals surface area (Å²) < 4.78 is 5.58. The summed E-state index contributed by atoms with van der Waals surface area (Å²) in [6, 6.07) is 9.66. The highest BCUT2D eigenvalue weighted by molar-refractivity contribution is 5.85. The van der Waals surface area contributed by atoms with Crippen molar-refractivity contribution in [3.63, 3.8) is 0 Å². The Morgan fingerprint density at radius 1 is 1.40 bits per heavy atom. The van der Waals surface area contributed by atoms with E-state index in [1.165, 1.54) is 0 Å². The molecule has 0 aliphatic heterocycles. The molecule has 0 saturated heterocycles. The molecule has 112 valence electrons. The SMILES string of the molecule is CCOC(C(=O)NC(CN)C1CC1)c1ccccc1.Cl. The number of rotatable bonds is 7. The highest BCUT2D eigenvalue weighted by Gasteiger charge is 2.33. The standard InChI is InChI=1S/C15H22N2O2.ClH/c1-2-19-14(12-6-4-3-5-7-12)15(18)17-13(10-16)11-8-9-11;/h3-7,11,13-14H,2,8-10,16H2,1H3,(H,17,18);1H. The molecule has 1 aliphatic carbocycles. The van der Waals surface area contributed by atoms with Gasteiger partial charge in [0.1, 0.15) is 0 Å². The first-order valence-electron chi connectivity index (χ1n) is 6.93. The van der Waals surface area contributed by atoms with E-state index in [1.54, 1.807) is 0 Å². The van der Waals surface area contributed by atoms with Crippen molar-refractivity contribution < 1.29 is 9.53 Å². The summed E-state index contributed by atoms with van der Waals surface area (Å²) in [4.78, 5) is 12.3. The fourth-order valence-electron chi connectivity index (χ4n) is 2.24. The van der Waals surface area contributed by atoms with Crippen molar-refractivity contribution in [3.05, 3.63) is 35.9 Å². The summed E-state index contributed by atoms with van der Waals surface area (Å²) in [5, 5.41) is 3.02. The molecule has 1 aromatic rings. The van der Waals surface area contributed by atoms with Crippen LogP contribution in [0.5, 0.6) is 0 Å². The van der Waals surface area contributed by atoms with Gasteiger partial charge in [0.25, 0.3) is 5.91 Å². The number of carbonyl (C=O) groups is 1. The Balaban J connectivity index is 0.00000200. The average Bonchev–Trinajstić information content (AvgIpc) is 3.27. The fraction of sp³-hybridized carbons (Fsp3) is 0.533. The van der Waals surface area contributed by atoms with Gasteiger partial charge < -0.3 is 15.8 Å². The summed E-state index contributed by atoms with van der Waals surface area (Å²) in [6.45, 7) is 2.89. The minimum absolute atomic E-state index is 0. The smallest absolute Gasteiger partial charge is 0.254 e. The zero-order valence-electron chi connectivity index (χ0n) is 11.7. The Hall–Kier alpha value is -1.10. The maximum atomic E-state index is 12.3. The van der Waals surface area contributed by atoms with E-state index >= 15 is 0 Å². The number of amides is 1. The monoisotopic (exact) mass is 298 g/mol. The Labute approximate surface area is 126 Å². The highest BCUT2D eigenvalue weighted by atomic mass is 35.5. The van der Waals surface area contributed by atoms with Crippen LogP contribution in [0.2, 0.25) is 0 Å². The van der Waals surface area contributed by atoms with E-state index in [4.69, 9.17) is 10.5 Å². The number of hydrogen-bond acceptors (Lipinski definition) is 3. The van der Waals surface area contributed by atoms with Crippen molar-refractivity contribution in [2.24, 2.45) is 11.7 Å². The van der Waals surface area contributed by atoms with Gasteiger partial charge in [-0.3, -0.25) is 4.79 Å². The summed E-state index contributed by atoms with van der Waals surface area (Å²) in [5.74, 6) is 0.461. The number of nitrogens with one attached hydrogen (secondary N) is 1. The topological polar surface area (TPSA) is 64.3 Å². The second-order valence-electron chi connectivity index (χ2n) is 4.93. The summed E-state index contributed by atoms with van der Waals surface area (Å²) >= 11 is 0. The molecule has 2 unspecified atom stereocenters. The molecular weight excluding hydrogens is 276 g/mol. The number of hydrogen-bond donors (Lipinski definition) is 2. The second-order valence-corrected chi connectivity index (χ2v) is 4.93. The Bertz CT molecular complexity index is 410. The fourth-order valence-corrected chi connectivity index (χ4v) is 2.24. The third-order valence-electron chi connectivity index (χ3n) is 3.45. The lowest BCUT2D eigenvalue weighted by molar-refractivity contribution is -0.133. The molecule has 1 saturated carbocycles. The van der Waals surface area contributed by atoms with Crippen LogP contribution in [0.1, 0.15) is 31.4 Å². The normalized spacial score (nSPS) is 16.9. The Morgan fingerprint density at radius 2 is 2.05 bits per heavy atom. The maximum Gasteiger partial charge on any atom is 0.254 e. The first kappa shape index (κ1) is 17.0. The average molecular weight is 299 g/mol. The number of ether oxygens (including phenoxy) is 1. The zero-order valence-corrected chi connectivity index (χ0v) is 12.6. The summed E-state index contributed by atoms with van der Waals surface area (Å²) in [5.41, 5.74) is 6.60. The van der Waals surface area contributed by atoms with Crippen molar-refractivity contribution >= 4 is 18.3 Å². The molecule has 0 spiro atoms. The van der Waals surface area contributed by atoms with Crippen LogP contribution >= 0.6 is 12.4 Å². The number of nitrogens with two attached hydrogens (primary N) is 1. The zero-order chi connectivity index (χ0) is 13.7. The summed E-state index contributed by atoms with van der Waals surface area (Å²) in [6.07, 6.45) is 1.78. The van der Waals surface area contributed by atoms with Gasteiger partial charge in [0.2, 0.25) is 0 Å². The van der Waals surface area contributed by atoms with Gasteiger partial charge in [-0.1, -0.05) is 30.3 Å². The molecule has 1 aliphatic rings. The van der Waals surface area contributed by atoms with Crippen LogP contribution in [-0.4, -0.2) is 25.1 Å². The minimum atomic E-state index is -0.543. The van der Waals surface area contributed by atoms with E-state index in [0.717, 1.165) is 18.4 Å². The van der Waals surface area contributed by atoms with Crippen LogP contribution in [0.15, 0.2) is 30.3 Å². The number of carbonyl (C=O) groups excluding carboxylic acids is 1. The molecule has 0 aromatic heterocycles. The van der Waals surface area contributed by atoms with Crippen LogP contribution in [0, 0.1) is 5.92 Å². The van der Waals surface area contributed by atoms with Crippen LogP contribution in [0.3, 0.4) is 0 Å². The molecule has 2 atom stereocenters. The minimum Gasteiger partial charge on any atom is -0.364 e. The lowest BCUT2D eigenvalue weighted by Gasteiger charge is -2.22. The first-order chi connectivity index (χ1) is 9.26. The molecule has 0 heterocycles. The molecule has 0 radical (unpaired) electrons. The van der Waals surface area contributed by atoms with E-state index in [2.05, 4.69) is 5.32 Å². The van der Waals surface area contributed by atoms with E-state index in [1.807, 2.05) is 37.3 Å². The first-order valence-corrected chi connectivity index (χ1v) is 6.93.